The molecule has 11 aromatic carbocycles. The van der Waals surface area contributed by atoms with Crippen LogP contribution in [0.15, 0.2) is 249 Å². The molecule has 0 radical (unpaired) electrons. The zero-order chi connectivity index (χ0) is 43.3. The van der Waals surface area contributed by atoms with Crippen molar-refractivity contribution >= 4 is 77.5 Å². The Labute approximate surface area is 383 Å². The monoisotopic (exact) mass is 839 g/mol. The first-order valence-corrected chi connectivity index (χ1v) is 22.9. The predicted molar refractivity (Wildman–Crippen MR) is 276 cm³/mol. The van der Waals surface area contributed by atoms with Crippen molar-refractivity contribution in [2.75, 3.05) is 9.80 Å². The number of para-hydroxylation sites is 5. The second-order valence-electron chi connectivity index (χ2n) is 17.6. The van der Waals surface area contributed by atoms with E-state index in [2.05, 4.69) is 263 Å². The summed E-state index contributed by atoms with van der Waals surface area (Å²) in [5.41, 5.74) is 17.4. The molecule has 0 saturated heterocycles. The van der Waals surface area contributed by atoms with E-state index < -0.39 is 5.41 Å². The van der Waals surface area contributed by atoms with Gasteiger partial charge in [-0.25, -0.2) is 0 Å². The first kappa shape index (κ1) is 36.8. The lowest BCUT2D eigenvalue weighted by Gasteiger charge is -2.40. The number of rotatable bonds is 6. The van der Waals surface area contributed by atoms with Gasteiger partial charge in [0, 0.05) is 44.9 Å². The molecule has 0 amide bonds. The van der Waals surface area contributed by atoms with Crippen molar-refractivity contribution in [2.24, 2.45) is 0 Å². The van der Waals surface area contributed by atoms with Crippen molar-refractivity contribution < 1.29 is 0 Å². The first-order valence-electron chi connectivity index (χ1n) is 22.9. The minimum absolute atomic E-state index is 0.657. The minimum Gasteiger partial charge on any atom is -0.310 e. The summed E-state index contributed by atoms with van der Waals surface area (Å²) >= 11 is 0. The molecule has 12 aromatic rings. The van der Waals surface area contributed by atoms with Crippen LogP contribution in [0.4, 0.5) is 34.1 Å². The quantitative estimate of drug-likeness (QED) is 0.165. The fraction of sp³-hybridized carbons (Fsp3) is 0.0159. The van der Waals surface area contributed by atoms with Crippen LogP contribution in [0.1, 0.15) is 22.3 Å². The van der Waals surface area contributed by atoms with E-state index in [-0.39, 0.29) is 0 Å². The third-order valence-corrected chi connectivity index (χ3v) is 14.3. The molecule has 1 aliphatic heterocycles. The predicted octanol–water partition coefficient (Wildman–Crippen LogP) is 16.7. The highest BCUT2D eigenvalue weighted by molar-refractivity contribution is 6.18. The highest BCUT2D eigenvalue weighted by Crippen LogP contribution is 2.64. The SMILES string of the molecule is c1ccc(N(c2ccccc2)c2ccc3c(c2)c2cc(N(c4ccccc4)c4ccccc4)cc4c2n3-c2ccccc2C42c3ccc4ccccc4c3-c3c2ccc2ccccc32)cc1. The van der Waals surface area contributed by atoms with E-state index in [9.17, 15) is 0 Å². The van der Waals surface area contributed by atoms with Gasteiger partial charge in [-0.1, -0.05) is 164 Å². The number of hydrogen-bond acceptors (Lipinski definition) is 2. The molecule has 1 aliphatic carbocycles. The van der Waals surface area contributed by atoms with Crippen molar-refractivity contribution in [1.82, 2.24) is 4.57 Å². The number of benzene rings is 11. The van der Waals surface area contributed by atoms with Crippen LogP contribution in [0, 0.1) is 0 Å². The summed E-state index contributed by atoms with van der Waals surface area (Å²) in [5.74, 6) is 0. The zero-order valence-electron chi connectivity index (χ0n) is 36.0. The molecule has 3 nitrogen and oxygen atoms in total. The lowest BCUT2D eigenvalue weighted by Crippen LogP contribution is -2.33. The van der Waals surface area contributed by atoms with Gasteiger partial charge in [-0.2, -0.15) is 0 Å². The molecular formula is C63H41N3. The van der Waals surface area contributed by atoms with Gasteiger partial charge in [-0.15, -0.1) is 0 Å². The van der Waals surface area contributed by atoms with Crippen LogP contribution in [0.2, 0.25) is 0 Å². The van der Waals surface area contributed by atoms with Crippen LogP contribution < -0.4 is 9.80 Å². The molecular weight excluding hydrogens is 799 g/mol. The second kappa shape index (κ2) is 14.2. The molecule has 2 aliphatic rings. The van der Waals surface area contributed by atoms with E-state index in [1.807, 2.05) is 0 Å². The van der Waals surface area contributed by atoms with Crippen LogP contribution in [0.5, 0.6) is 0 Å². The molecule has 66 heavy (non-hydrogen) atoms. The van der Waals surface area contributed by atoms with Gasteiger partial charge in [-0.05, 0) is 140 Å². The first-order chi connectivity index (χ1) is 32.8. The third kappa shape index (κ3) is 5.08. The Kier molecular flexibility index (Phi) is 7.90. The normalized spacial score (nSPS) is 13.0. The molecule has 14 rings (SSSR count). The van der Waals surface area contributed by atoms with Gasteiger partial charge in [0.25, 0.3) is 0 Å². The maximum Gasteiger partial charge on any atom is 0.0755 e. The van der Waals surface area contributed by atoms with Gasteiger partial charge >= 0.3 is 0 Å². The van der Waals surface area contributed by atoms with Crippen LogP contribution >= 0.6 is 0 Å². The summed E-state index contributed by atoms with van der Waals surface area (Å²) in [7, 11) is 0. The fourth-order valence-electron chi connectivity index (χ4n) is 11.7. The summed E-state index contributed by atoms with van der Waals surface area (Å²) in [6, 6.07) is 92.0. The summed E-state index contributed by atoms with van der Waals surface area (Å²) in [6.07, 6.45) is 0. The van der Waals surface area contributed by atoms with Crippen LogP contribution in [0.3, 0.4) is 0 Å². The van der Waals surface area contributed by atoms with E-state index in [0.29, 0.717) is 0 Å². The summed E-state index contributed by atoms with van der Waals surface area (Å²) in [5, 5.41) is 7.47. The van der Waals surface area contributed by atoms with Crippen LogP contribution in [-0.2, 0) is 5.41 Å². The van der Waals surface area contributed by atoms with Crippen LogP contribution in [-0.4, -0.2) is 4.57 Å². The van der Waals surface area contributed by atoms with Gasteiger partial charge in [-0.3, -0.25) is 0 Å². The molecule has 2 heterocycles. The molecule has 0 bridgehead atoms. The van der Waals surface area contributed by atoms with Crippen molar-refractivity contribution in [3.63, 3.8) is 0 Å². The Balaban J connectivity index is 1.17. The van der Waals surface area contributed by atoms with E-state index in [0.717, 1.165) is 34.1 Å². The summed E-state index contributed by atoms with van der Waals surface area (Å²) in [6.45, 7) is 0. The van der Waals surface area contributed by atoms with E-state index in [1.54, 1.807) is 0 Å². The van der Waals surface area contributed by atoms with Crippen molar-refractivity contribution in [1.29, 1.82) is 0 Å². The van der Waals surface area contributed by atoms with E-state index in [1.165, 1.54) is 82.4 Å². The maximum absolute atomic E-state index is 2.57. The molecule has 0 fully saturated rings. The average molecular weight is 840 g/mol. The Morgan fingerprint density at radius 2 is 0.742 bits per heavy atom. The van der Waals surface area contributed by atoms with Gasteiger partial charge in [0.2, 0.25) is 0 Å². The van der Waals surface area contributed by atoms with Gasteiger partial charge in [0.1, 0.15) is 0 Å². The Morgan fingerprint density at radius 3 is 1.29 bits per heavy atom. The highest BCUT2D eigenvalue weighted by Gasteiger charge is 2.52. The second-order valence-corrected chi connectivity index (χ2v) is 17.6. The molecule has 0 unspecified atom stereocenters. The highest BCUT2D eigenvalue weighted by atomic mass is 15.2. The topological polar surface area (TPSA) is 11.4 Å². The van der Waals surface area contributed by atoms with Crippen molar-refractivity contribution in [3.05, 3.63) is 271 Å². The standard InChI is InChI=1S/C63H41N3/c1-5-21-44(22-6-1)64(45-23-7-2-8-24-45)48-35-38-58-52(39-48)53-40-49(65(46-25-9-3-10-26-46)47-27-11-4-12-28-47)41-57-62(53)66(58)59-32-18-17-31-54(59)63(57)55-36-33-42-19-13-15-29-50(42)60(55)61-51-30-16-14-20-43(51)34-37-56(61)63/h1-41H. The van der Waals surface area contributed by atoms with E-state index in [4.69, 9.17) is 0 Å². The van der Waals surface area contributed by atoms with Crippen molar-refractivity contribution in [2.45, 2.75) is 5.41 Å². The molecule has 308 valence electrons. The smallest absolute Gasteiger partial charge is 0.0755 e. The number of nitrogens with zero attached hydrogens (tertiary/aromatic N) is 3. The zero-order valence-corrected chi connectivity index (χ0v) is 36.0. The average Bonchev–Trinajstić information content (AvgIpc) is 3.88. The molecule has 0 saturated carbocycles. The van der Waals surface area contributed by atoms with Gasteiger partial charge < -0.3 is 14.4 Å². The minimum atomic E-state index is -0.657. The van der Waals surface area contributed by atoms with Gasteiger partial charge in [0.05, 0.1) is 22.1 Å². The summed E-state index contributed by atoms with van der Waals surface area (Å²) in [4.78, 5) is 4.82. The number of hydrogen-bond donors (Lipinski definition) is 0. The maximum atomic E-state index is 2.57. The molecule has 0 N–H and O–H groups in total. The molecule has 3 heteroatoms. The lowest BCUT2D eigenvalue weighted by molar-refractivity contribution is 0.749. The number of anilines is 6. The Hall–Kier alpha value is -8.66. The van der Waals surface area contributed by atoms with Crippen LogP contribution in [0.25, 0.3) is 60.2 Å². The number of fused-ring (bicyclic) bond motifs is 16. The Morgan fingerprint density at radius 1 is 0.288 bits per heavy atom. The molecule has 1 spiro atoms. The fourth-order valence-corrected chi connectivity index (χ4v) is 11.7. The Bertz CT molecular complexity index is 3710. The largest absolute Gasteiger partial charge is 0.310 e. The van der Waals surface area contributed by atoms with Crippen molar-refractivity contribution in [3.8, 4) is 16.8 Å². The summed E-state index contributed by atoms with van der Waals surface area (Å²) < 4.78 is 2.57. The van der Waals surface area contributed by atoms with Gasteiger partial charge in [0.15, 0.2) is 0 Å². The number of aromatic nitrogens is 1. The van der Waals surface area contributed by atoms with E-state index >= 15 is 0 Å². The third-order valence-electron chi connectivity index (χ3n) is 14.3. The molecule has 0 atom stereocenters. The lowest BCUT2D eigenvalue weighted by atomic mass is 9.65. The molecule has 1 aromatic heterocycles.